The summed E-state index contributed by atoms with van der Waals surface area (Å²) in [6.07, 6.45) is 4.66. The maximum atomic E-state index is 9.94. The second kappa shape index (κ2) is 4.74. The Hall–Kier alpha value is -0.940. The number of aliphatic hydroxyl groups excluding tert-OH is 1. The number of rotatable bonds is 2. The predicted octanol–water partition coefficient (Wildman–Crippen LogP) is 1.59. The van der Waals surface area contributed by atoms with Crippen LogP contribution in [0.4, 0.5) is 0 Å². The van der Waals surface area contributed by atoms with Gasteiger partial charge in [0.25, 0.3) is 0 Å². The number of aliphatic hydroxyl groups is 1. The molecule has 3 unspecified atom stereocenters. The van der Waals surface area contributed by atoms with Crippen LogP contribution in [0.25, 0.3) is 0 Å². The summed E-state index contributed by atoms with van der Waals surface area (Å²) < 4.78 is 10.6. The van der Waals surface area contributed by atoms with Gasteiger partial charge in [-0.1, -0.05) is 18.0 Å². The molecule has 0 bridgehead atoms. The normalized spacial score (nSPS) is 34.1. The van der Waals surface area contributed by atoms with Crippen molar-refractivity contribution < 1.29 is 14.4 Å². The molecule has 2 aliphatic rings. The first-order valence-corrected chi connectivity index (χ1v) is 6.44. The van der Waals surface area contributed by atoms with Crippen LogP contribution in [0, 0.1) is 0 Å². The first kappa shape index (κ1) is 11.2. The molecular formula is C12H18N2O3. The van der Waals surface area contributed by atoms with Crippen molar-refractivity contribution in [2.24, 2.45) is 0 Å². The SMILES string of the molecule is OC1CCCCC1c1nc(C2CCOC2)no1. The van der Waals surface area contributed by atoms with Gasteiger partial charge in [0.05, 0.1) is 18.6 Å². The van der Waals surface area contributed by atoms with E-state index in [4.69, 9.17) is 9.26 Å². The minimum atomic E-state index is -0.322. The van der Waals surface area contributed by atoms with Gasteiger partial charge < -0.3 is 14.4 Å². The highest BCUT2D eigenvalue weighted by molar-refractivity contribution is 5.03. The maximum Gasteiger partial charge on any atom is 0.232 e. The van der Waals surface area contributed by atoms with E-state index in [0.29, 0.717) is 12.5 Å². The number of ether oxygens (including phenoxy) is 1. The van der Waals surface area contributed by atoms with E-state index >= 15 is 0 Å². The largest absolute Gasteiger partial charge is 0.392 e. The van der Waals surface area contributed by atoms with E-state index in [-0.39, 0.29) is 17.9 Å². The van der Waals surface area contributed by atoms with Crippen LogP contribution in [0.15, 0.2) is 4.52 Å². The summed E-state index contributed by atoms with van der Waals surface area (Å²) in [5, 5.41) is 14.0. The molecule has 17 heavy (non-hydrogen) atoms. The fraction of sp³-hybridized carbons (Fsp3) is 0.833. The Balaban J connectivity index is 1.74. The standard InChI is InChI=1S/C12H18N2O3/c15-10-4-2-1-3-9(10)12-13-11(14-17-12)8-5-6-16-7-8/h8-10,15H,1-7H2. The van der Waals surface area contributed by atoms with E-state index in [1.807, 2.05) is 0 Å². The lowest BCUT2D eigenvalue weighted by Gasteiger charge is -2.24. The molecule has 1 saturated heterocycles. The molecule has 1 N–H and O–H groups in total. The Morgan fingerprint density at radius 2 is 2.06 bits per heavy atom. The van der Waals surface area contributed by atoms with Crippen LogP contribution in [0.3, 0.4) is 0 Å². The molecule has 0 radical (unpaired) electrons. The second-order valence-electron chi connectivity index (χ2n) is 5.01. The Bertz CT molecular complexity index is 374. The smallest absolute Gasteiger partial charge is 0.232 e. The van der Waals surface area contributed by atoms with Crippen LogP contribution in [0.5, 0.6) is 0 Å². The third-order valence-corrected chi connectivity index (χ3v) is 3.80. The van der Waals surface area contributed by atoms with Crippen molar-refractivity contribution in [2.45, 2.75) is 50.0 Å². The van der Waals surface area contributed by atoms with Gasteiger partial charge in [-0.3, -0.25) is 0 Å². The second-order valence-corrected chi connectivity index (χ2v) is 5.01. The van der Waals surface area contributed by atoms with Crippen LogP contribution in [0.2, 0.25) is 0 Å². The van der Waals surface area contributed by atoms with Crippen molar-refractivity contribution in [1.29, 1.82) is 0 Å². The topological polar surface area (TPSA) is 68.4 Å². The first-order valence-electron chi connectivity index (χ1n) is 6.44. The molecule has 5 nitrogen and oxygen atoms in total. The van der Waals surface area contributed by atoms with E-state index in [1.165, 1.54) is 0 Å². The maximum absolute atomic E-state index is 9.94. The average molecular weight is 238 g/mol. The molecule has 0 spiro atoms. The van der Waals surface area contributed by atoms with Gasteiger partial charge in [-0.05, 0) is 19.3 Å². The van der Waals surface area contributed by atoms with Gasteiger partial charge in [-0.25, -0.2) is 0 Å². The number of nitrogens with zero attached hydrogens (tertiary/aromatic N) is 2. The quantitative estimate of drug-likeness (QED) is 0.847. The van der Waals surface area contributed by atoms with E-state index < -0.39 is 0 Å². The third kappa shape index (κ3) is 2.21. The average Bonchev–Trinajstić information content (AvgIpc) is 3.00. The highest BCUT2D eigenvalue weighted by Crippen LogP contribution is 2.33. The Kier molecular flexibility index (Phi) is 3.11. The molecule has 3 atom stereocenters. The van der Waals surface area contributed by atoms with Gasteiger partial charge >= 0.3 is 0 Å². The summed E-state index contributed by atoms with van der Waals surface area (Å²) in [7, 11) is 0. The van der Waals surface area contributed by atoms with Crippen molar-refractivity contribution in [3.63, 3.8) is 0 Å². The molecule has 1 aromatic rings. The van der Waals surface area contributed by atoms with Crippen LogP contribution < -0.4 is 0 Å². The Morgan fingerprint density at radius 3 is 2.82 bits per heavy atom. The van der Waals surface area contributed by atoms with Crippen molar-refractivity contribution >= 4 is 0 Å². The summed E-state index contributed by atoms with van der Waals surface area (Å²) in [4.78, 5) is 4.45. The van der Waals surface area contributed by atoms with Crippen LogP contribution in [-0.4, -0.2) is 34.6 Å². The van der Waals surface area contributed by atoms with E-state index in [2.05, 4.69) is 10.1 Å². The Labute approximate surface area is 100 Å². The molecule has 94 valence electrons. The van der Waals surface area contributed by atoms with Gasteiger partial charge in [0, 0.05) is 12.5 Å². The lowest BCUT2D eigenvalue weighted by molar-refractivity contribution is 0.0908. The van der Waals surface area contributed by atoms with E-state index in [0.717, 1.165) is 44.5 Å². The molecule has 2 fully saturated rings. The van der Waals surface area contributed by atoms with Crippen molar-refractivity contribution in [1.82, 2.24) is 10.1 Å². The summed E-state index contributed by atoms with van der Waals surface area (Å²) in [5.41, 5.74) is 0. The fourth-order valence-electron chi connectivity index (χ4n) is 2.70. The molecule has 5 heteroatoms. The predicted molar refractivity (Wildman–Crippen MR) is 59.7 cm³/mol. The minimum absolute atomic E-state index is 0.0346. The summed E-state index contributed by atoms with van der Waals surface area (Å²) >= 11 is 0. The van der Waals surface area contributed by atoms with Crippen molar-refractivity contribution in [2.75, 3.05) is 13.2 Å². The van der Waals surface area contributed by atoms with Gasteiger partial charge in [0.15, 0.2) is 5.82 Å². The molecule has 0 amide bonds. The highest BCUT2D eigenvalue weighted by atomic mass is 16.5. The molecule has 3 rings (SSSR count). The molecule has 1 aliphatic heterocycles. The third-order valence-electron chi connectivity index (χ3n) is 3.80. The zero-order chi connectivity index (χ0) is 11.7. The van der Waals surface area contributed by atoms with Crippen molar-refractivity contribution in [3.05, 3.63) is 11.7 Å². The lowest BCUT2D eigenvalue weighted by atomic mass is 9.86. The van der Waals surface area contributed by atoms with Crippen LogP contribution in [-0.2, 0) is 4.74 Å². The highest BCUT2D eigenvalue weighted by Gasteiger charge is 2.31. The van der Waals surface area contributed by atoms with Gasteiger partial charge in [-0.2, -0.15) is 4.98 Å². The minimum Gasteiger partial charge on any atom is -0.392 e. The lowest BCUT2D eigenvalue weighted by Crippen LogP contribution is -2.22. The zero-order valence-electron chi connectivity index (χ0n) is 9.84. The molecular weight excluding hydrogens is 220 g/mol. The molecule has 0 aromatic carbocycles. The fourth-order valence-corrected chi connectivity index (χ4v) is 2.70. The van der Waals surface area contributed by atoms with Crippen LogP contribution >= 0.6 is 0 Å². The number of hydrogen-bond acceptors (Lipinski definition) is 5. The van der Waals surface area contributed by atoms with Gasteiger partial charge in [0.2, 0.25) is 5.89 Å². The van der Waals surface area contributed by atoms with E-state index in [9.17, 15) is 5.11 Å². The number of hydrogen-bond donors (Lipinski definition) is 1. The summed E-state index contributed by atoms with van der Waals surface area (Å²) in [6.45, 7) is 1.47. The Morgan fingerprint density at radius 1 is 1.18 bits per heavy atom. The number of aromatic nitrogens is 2. The van der Waals surface area contributed by atoms with E-state index in [1.54, 1.807) is 0 Å². The zero-order valence-corrected chi connectivity index (χ0v) is 9.84. The molecule has 2 heterocycles. The summed E-state index contributed by atoms with van der Waals surface area (Å²) in [6, 6.07) is 0. The monoisotopic (exact) mass is 238 g/mol. The van der Waals surface area contributed by atoms with Gasteiger partial charge in [0.1, 0.15) is 0 Å². The van der Waals surface area contributed by atoms with Gasteiger partial charge in [-0.15, -0.1) is 0 Å². The first-order chi connectivity index (χ1) is 8.34. The van der Waals surface area contributed by atoms with Crippen molar-refractivity contribution in [3.8, 4) is 0 Å². The molecule has 1 saturated carbocycles. The molecule has 1 aliphatic carbocycles. The summed E-state index contributed by atoms with van der Waals surface area (Å²) in [5.74, 6) is 1.66. The van der Waals surface area contributed by atoms with Crippen LogP contribution in [0.1, 0.15) is 55.7 Å². The molecule has 1 aromatic heterocycles.